The van der Waals surface area contributed by atoms with E-state index in [1.807, 2.05) is 0 Å². The Kier molecular flexibility index (Phi) is 4.77. The van der Waals surface area contributed by atoms with E-state index < -0.39 is 17.5 Å². The summed E-state index contributed by atoms with van der Waals surface area (Å²) in [5.74, 6) is -1.76. The quantitative estimate of drug-likeness (QED) is 0.709. The number of nitrogens with one attached hydrogen (secondary N) is 1. The van der Waals surface area contributed by atoms with Crippen molar-refractivity contribution in [2.75, 3.05) is 23.3 Å². The van der Waals surface area contributed by atoms with Crippen molar-refractivity contribution in [1.29, 1.82) is 0 Å². The van der Waals surface area contributed by atoms with Crippen LogP contribution in [0, 0.1) is 11.6 Å². The predicted molar refractivity (Wildman–Crippen MR) is 95.4 cm³/mol. The van der Waals surface area contributed by atoms with Gasteiger partial charge in [0.25, 0.3) is 5.91 Å². The molecule has 0 radical (unpaired) electrons. The molecular formula is C16H15F2N3OS2. The van der Waals surface area contributed by atoms with Gasteiger partial charge in [-0.05, 0) is 32.0 Å². The average Bonchev–Trinajstić information content (AvgIpc) is 3.11. The Hall–Kier alpha value is -2.06. The van der Waals surface area contributed by atoms with Crippen molar-refractivity contribution in [3.8, 4) is 0 Å². The minimum Gasteiger partial charge on any atom is -0.349 e. The number of amides is 1. The summed E-state index contributed by atoms with van der Waals surface area (Å²) in [7, 11) is 0. The van der Waals surface area contributed by atoms with Crippen LogP contribution in [0.5, 0.6) is 0 Å². The third-order valence-corrected chi connectivity index (χ3v) is 5.73. The zero-order chi connectivity index (χ0) is 17.3. The van der Waals surface area contributed by atoms with Gasteiger partial charge < -0.3 is 10.2 Å². The van der Waals surface area contributed by atoms with Gasteiger partial charge in [-0.2, -0.15) is 0 Å². The highest BCUT2D eigenvalue weighted by molar-refractivity contribution is 7.29. The molecule has 0 fully saturated rings. The molecule has 2 aromatic heterocycles. The van der Waals surface area contributed by atoms with Crippen LogP contribution in [0.4, 0.5) is 19.6 Å². The molecule has 0 saturated carbocycles. The molecule has 0 bridgehead atoms. The molecule has 3 aromatic rings. The number of halogens is 2. The molecule has 2 heterocycles. The number of carbonyl (C=O) groups is 1. The second-order valence-electron chi connectivity index (χ2n) is 5.03. The molecule has 4 nitrogen and oxygen atoms in total. The number of fused-ring (bicyclic) bond motifs is 1. The summed E-state index contributed by atoms with van der Waals surface area (Å²) in [6, 6.07) is 4.68. The van der Waals surface area contributed by atoms with Crippen molar-refractivity contribution in [3.05, 3.63) is 40.8 Å². The predicted octanol–water partition coefficient (Wildman–Crippen LogP) is 4.73. The van der Waals surface area contributed by atoms with Gasteiger partial charge in [-0.15, -0.1) is 11.3 Å². The summed E-state index contributed by atoms with van der Waals surface area (Å²) in [4.78, 5) is 20.1. The van der Waals surface area contributed by atoms with E-state index in [0.717, 1.165) is 46.0 Å². The Morgan fingerprint density at radius 2 is 1.96 bits per heavy atom. The van der Waals surface area contributed by atoms with Gasteiger partial charge in [-0.3, -0.25) is 4.79 Å². The van der Waals surface area contributed by atoms with E-state index in [2.05, 4.69) is 29.0 Å². The summed E-state index contributed by atoms with van der Waals surface area (Å²) in [5.41, 5.74) is -0.173. The van der Waals surface area contributed by atoms with Crippen LogP contribution in [0.1, 0.15) is 23.5 Å². The maximum absolute atomic E-state index is 13.6. The molecule has 0 atom stereocenters. The maximum Gasteiger partial charge on any atom is 0.265 e. The molecule has 0 unspecified atom stereocenters. The first-order valence-corrected chi connectivity index (χ1v) is 9.06. The molecule has 1 amide bonds. The van der Waals surface area contributed by atoms with Crippen molar-refractivity contribution >= 4 is 48.9 Å². The summed E-state index contributed by atoms with van der Waals surface area (Å²) in [6.45, 7) is 5.85. The zero-order valence-electron chi connectivity index (χ0n) is 13.1. The lowest BCUT2D eigenvalue weighted by molar-refractivity contribution is 0.103. The van der Waals surface area contributed by atoms with Crippen molar-refractivity contribution in [2.24, 2.45) is 0 Å². The Morgan fingerprint density at radius 3 is 2.62 bits per heavy atom. The second-order valence-corrected chi connectivity index (χ2v) is 7.07. The van der Waals surface area contributed by atoms with E-state index >= 15 is 0 Å². The highest BCUT2D eigenvalue weighted by Gasteiger charge is 2.17. The molecule has 0 aliphatic carbocycles. The van der Waals surface area contributed by atoms with E-state index in [1.54, 1.807) is 6.07 Å². The number of aromatic nitrogens is 1. The number of anilines is 2. The van der Waals surface area contributed by atoms with Crippen LogP contribution in [-0.2, 0) is 0 Å². The van der Waals surface area contributed by atoms with Gasteiger partial charge in [0.15, 0.2) is 5.13 Å². The van der Waals surface area contributed by atoms with Gasteiger partial charge in [-0.25, -0.2) is 13.8 Å². The van der Waals surface area contributed by atoms with E-state index in [4.69, 9.17) is 0 Å². The van der Waals surface area contributed by atoms with E-state index in [0.29, 0.717) is 4.88 Å². The van der Waals surface area contributed by atoms with Gasteiger partial charge in [0.2, 0.25) is 0 Å². The van der Waals surface area contributed by atoms with Gasteiger partial charge in [0.1, 0.15) is 16.5 Å². The number of hydrogen-bond donors (Lipinski definition) is 1. The third-order valence-electron chi connectivity index (χ3n) is 3.51. The highest BCUT2D eigenvalue weighted by Crippen LogP contribution is 2.35. The van der Waals surface area contributed by atoms with Gasteiger partial charge >= 0.3 is 0 Å². The minimum atomic E-state index is -0.676. The van der Waals surface area contributed by atoms with Crippen LogP contribution in [0.25, 0.3) is 9.53 Å². The maximum atomic E-state index is 13.6. The lowest BCUT2D eigenvalue weighted by Crippen LogP contribution is -2.21. The highest BCUT2D eigenvalue weighted by atomic mass is 32.1. The Morgan fingerprint density at radius 1 is 1.21 bits per heavy atom. The van der Waals surface area contributed by atoms with E-state index in [9.17, 15) is 13.6 Å². The van der Waals surface area contributed by atoms with Crippen molar-refractivity contribution < 1.29 is 13.6 Å². The molecule has 0 saturated heterocycles. The molecule has 0 aliphatic rings. The van der Waals surface area contributed by atoms with E-state index in [-0.39, 0.29) is 5.69 Å². The number of hydrogen-bond acceptors (Lipinski definition) is 5. The van der Waals surface area contributed by atoms with Gasteiger partial charge in [-0.1, -0.05) is 11.3 Å². The number of rotatable bonds is 5. The van der Waals surface area contributed by atoms with Crippen LogP contribution in [-0.4, -0.2) is 24.0 Å². The number of nitrogens with zero attached hydrogens (tertiary/aromatic N) is 2. The van der Waals surface area contributed by atoms with Gasteiger partial charge in [0, 0.05) is 19.2 Å². The van der Waals surface area contributed by atoms with Crippen LogP contribution in [0.3, 0.4) is 0 Å². The lowest BCUT2D eigenvalue weighted by atomic mass is 10.3. The van der Waals surface area contributed by atoms with Crippen LogP contribution >= 0.6 is 22.7 Å². The number of carbonyl (C=O) groups excluding carboxylic acids is 1. The van der Waals surface area contributed by atoms with Crippen LogP contribution < -0.4 is 10.2 Å². The summed E-state index contributed by atoms with van der Waals surface area (Å²) >= 11 is 2.75. The largest absolute Gasteiger partial charge is 0.349 e. The van der Waals surface area contributed by atoms with Crippen molar-refractivity contribution in [1.82, 2.24) is 4.98 Å². The molecule has 0 spiro atoms. The molecular weight excluding hydrogens is 352 g/mol. The normalized spacial score (nSPS) is 11.0. The molecule has 3 rings (SSSR count). The number of thiophene rings is 1. The first-order valence-electron chi connectivity index (χ1n) is 7.43. The second kappa shape index (κ2) is 6.82. The first kappa shape index (κ1) is 16.8. The van der Waals surface area contributed by atoms with E-state index in [1.165, 1.54) is 22.7 Å². The topological polar surface area (TPSA) is 45.2 Å². The Labute approximate surface area is 145 Å². The summed E-state index contributed by atoms with van der Waals surface area (Å²) in [6.07, 6.45) is 0. The first-order chi connectivity index (χ1) is 11.5. The molecule has 0 aliphatic heterocycles. The lowest BCUT2D eigenvalue weighted by Gasteiger charge is -2.16. The average molecular weight is 367 g/mol. The molecule has 1 N–H and O–H groups in total. The summed E-state index contributed by atoms with van der Waals surface area (Å²) < 4.78 is 27.7. The Bertz CT molecular complexity index is 855. The minimum absolute atomic E-state index is 0.173. The fraction of sp³-hybridized carbons (Fsp3) is 0.250. The monoisotopic (exact) mass is 367 g/mol. The molecule has 1 aromatic carbocycles. The van der Waals surface area contributed by atoms with Gasteiger partial charge in [0.05, 0.1) is 15.3 Å². The fourth-order valence-electron chi connectivity index (χ4n) is 2.24. The van der Waals surface area contributed by atoms with Crippen molar-refractivity contribution in [3.63, 3.8) is 0 Å². The Balaban J connectivity index is 1.83. The van der Waals surface area contributed by atoms with Crippen LogP contribution in [0.15, 0.2) is 24.3 Å². The smallest absolute Gasteiger partial charge is 0.265 e. The molecule has 126 valence electrons. The third kappa shape index (κ3) is 3.25. The number of benzene rings is 1. The standard InChI is InChI=1S/C16H15F2N3OS2/c1-3-21(4-2)16-20-15-13(24-16)8-12(23-15)14(22)19-11-7-9(17)5-6-10(11)18/h5-8H,3-4H2,1-2H3,(H,19,22). The van der Waals surface area contributed by atoms with Crippen LogP contribution in [0.2, 0.25) is 0 Å². The zero-order valence-corrected chi connectivity index (χ0v) is 14.7. The fourth-order valence-corrected chi connectivity index (χ4v) is 4.48. The van der Waals surface area contributed by atoms with Crippen molar-refractivity contribution in [2.45, 2.75) is 13.8 Å². The molecule has 24 heavy (non-hydrogen) atoms. The number of thiazole rings is 1. The molecule has 8 heteroatoms. The SMILES string of the molecule is CCN(CC)c1nc2sc(C(=O)Nc3cc(F)ccc3F)cc2s1. The summed E-state index contributed by atoms with van der Waals surface area (Å²) in [5, 5.41) is 3.32.